The summed E-state index contributed by atoms with van der Waals surface area (Å²) < 4.78 is 12.1. The highest BCUT2D eigenvalue weighted by Gasteiger charge is 2.44. The van der Waals surface area contributed by atoms with E-state index in [2.05, 4.69) is 39.9 Å². The number of hydroxylamine groups is 1. The predicted molar refractivity (Wildman–Crippen MR) is 312 cm³/mol. The van der Waals surface area contributed by atoms with Crippen molar-refractivity contribution in [2.75, 3.05) is 60.3 Å². The van der Waals surface area contributed by atoms with Gasteiger partial charge in [0.15, 0.2) is 0 Å². The van der Waals surface area contributed by atoms with Gasteiger partial charge in [-0.2, -0.15) is 0 Å². The maximum Gasteiger partial charge on any atom is 0.306 e. The standard InChI is InChI=1S/C60H95N9O13/c1-16-20-41(18-3)33-45(57(75)65-82-35-42-22-24-44(25-23-42)62-56(74)40(10)61-48(70)26-27-49(71)68-31-28-43(29-32-68)60(78)79)63-55(73)39(9)54(81-15)46-21-19-30-69(46)50(72)34-47(80-14)53(38(8)17-2)67(13)59(77)51(36(4)5)64-58(76)52(37(6)7)66(11)12/h16,18,20,22-25,36-40,43,45-47,51-54H,1,3,17,19,21,26-35H2,2,4-15H3,(H,61,70)(H,62,74)(H,63,73)(H,64,76)(H,65,75)(H,78,79)/b41-20+/t38-,39+,40+,45-,46-,47+,51-,52-,53-,54+/m0/s1. The summed E-state index contributed by atoms with van der Waals surface area (Å²) in [5, 5.41) is 20.4. The maximum absolute atomic E-state index is 14.5. The Bertz CT molecular complexity index is 2360. The molecule has 3 rings (SSSR count). The number of likely N-dealkylation sites (tertiary alicyclic amines) is 2. The first kappa shape index (κ1) is 69.8. The van der Waals surface area contributed by atoms with E-state index in [0.29, 0.717) is 68.6 Å². The molecular weight excluding hydrogens is 1050 g/mol. The lowest BCUT2D eigenvalue weighted by molar-refractivity contribution is -0.148. The Morgan fingerprint density at radius 1 is 0.768 bits per heavy atom. The van der Waals surface area contributed by atoms with Crippen molar-refractivity contribution in [1.29, 1.82) is 0 Å². The number of piperidine rings is 1. The Kier molecular flexibility index (Phi) is 29.1. The smallest absolute Gasteiger partial charge is 0.306 e. The average molecular weight is 1150 g/mol. The number of aliphatic carboxylic acids is 1. The first-order chi connectivity index (χ1) is 38.7. The molecule has 0 saturated carbocycles. The number of hydrogen-bond acceptors (Lipinski definition) is 13. The van der Waals surface area contributed by atoms with Crippen LogP contribution in [0.4, 0.5) is 5.69 Å². The van der Waals surface area contributed by atoms with Crippen molar-refractivity contribution in [1.82, 2.24) is 41.0 Å². The number of methoxy groups -OCH3 is 2. The van der Waals surface area contributed by atoms with Gasteiger partial charge in [0.05, 0.1) is 55.2 Å². The fraction of sp³-hybridized carbons (Fsp3) is 0.650. The number of carbonyl (C=O) groups excluding carboxylic acids is 8. The molecule has 0 spiro atoms. The van der Waals surface area contributed by atoms with Crippen molar-refractivity contribution in [3.63, 3.8) is 0 Å². The van der Waals surface area contributed by atoms with Crippen LogP contribution in [0.25, 0.3) is 0 Å². The number of nitrogens with one attached hydrogen (secondary N) is 5. The van der Waals surface area contributed by atoms with Crippen LogP contribution >= 0.6 is 0 Å². The van der Waals surface area contributed by atoms with E-state index in [0.717, 1.165) is 0 Å². The van der Waals surface area contributed by atoms with Gasteiger partial charge >= 0.3 is 5.97 Å². The molecule has 0 radical (unpaired) electrons. The van der Waals surface area contributed by atoms with Gasteiger partial charge in [0.25, 0.3) is 5.91 Å². The summed E-state index contributed by atoms with van der Waals surface area (Å²) in [6.07, 6.45) is 5.62. The third kappa shape index (κ3) is 20.4. The lowest BCUT2D eigenvalue weighted by Gasteiger charge is -2.41. The number of carboxylic acids is 1. The minimum absolute atomic E-state index is 0.000319. The van der Waals surface area contributed by atoms with E-state index in [9.17, 15) is 48.3 Å². The van der Waals surface area contributed by atoms with Crippen molar-refractivity contribution in [3.05, 3.63) is 66.8 Å². The molecule has 22 nitrogen and oxygen atoms in total. The van der Waals surface area contributed by atoms with Crippen molar-refractivity contribution in [2.24, 2.45) is 29.6 Å². The fourth-order valence-electron chi connectivity index (χ4n) is 10.9. The highest BCUT2D eigenvalue weighted by molar-refractivity contribution is 5.97. The second-order valence-corrected chi connectivity index (χ2v) is 22.6. The maximum atomic E-state index is 14.5. The molecule has 0 aliphatic carbocycles. The molecule has 8 amide bonds. The summed E-state index contributed by atoms with van der Waals surface area (Å²) in [6, 6.07) is 2.19. The molecule has 2 heterocycles. The molecule has 10 atom stereocenters. The highest BCUT2D eigenvalue weighted by Crippen LogP contribution is 2.30. The molecule has 0 unspecified atom stereocenters. The summed E-state index contributed by atoms with van der Waals surface area (Å²) in [5.41, 5.74) is 4.10. The van der Waals surface area contributed by atoms with Gasteiger partial charge in [-0.1, -0.05) is 98.4 Å². The largest absolute Gasteiger partial charge is 0.481 e. The van der Waals surface area contributed by atoms with E-state index < -0.39 is 89.9 Å². The van der Waals surface area contributed by atoms with E-state index in [-0.39, 0.29) is 73.7 Å². The molecule has 0 bridgehead atoms. The molecule has 2 aliphatic rings. The number of benzene rings is 1. The second-order valence-electron chi connectivity index (χ2n) is 22.6. The van der Waals surface area contributed by atoms with E-state index in [1.807, 2.05) is 60.5 Å². The van der Waals surface area contributed by atoms with Gasteiger partial charge in [-0.3, -0.25) is 52.9 Å². The fourth-order valence-corrected chi connectivity index (χ4v) is 10.9. The normalized spacial score (nSPS) is 18.2. The molecule has 0 aromatic heterocycles. The van der Waals surface area contributed by atoms with E-state index in [1.54, 1.807) is 65.1 Å². The topological polar surface area (TPSA) is 275 Å². The van der Waals surface area contributed by atoms with E-state index >= 15 is 0 Å². The van der Waals surface area contributed by atoms with Crippen molar-refractivity contribution >= 4 is 58.9 Å². The van der Waals surface area contributed by atoms with Gasteiger partial charge in [0, 0.05) is 65.9 Å². The Morgan fingerprint density at radius 2 is 1.41 bits per heavy atom. The van der Waals surface area contributed by atoms with Crippen LogP contribution in [0.3, 0.4) is 0 Å². The molecule has 2 fully saturated rings. The molecule has 82 heavy (non-hydrogen) atoms. The number of nitrogens with zero attached hydrogens (tertiary/aromatic N) is 4. The quantitative estimate of drug-likeness (QED) is 0.0415. The Labute approximate surface area is 485 Å². The Hall–Kier alpha value is -6.49. The number of allylic oxidation sites excluding steroid dienone is 3. The summed E-state index contributed by atoms with van der Waals surface area (Å²) in [7, 11) is 8.37. The average Bonchev–Trinajstić information content (AvgIpc) is 4.01. The van der Waals surface area contributed by atoms with Crippen molar-refractivity contribution in [2.45, 2.75) is 168 Å². The minimum atomic E-state index is -1.14. The van der Waals surface area contributed by atoms with E-state index in [4.69, 9.17) is 14.3 Å². The number of carbonyl (C=O) groups is 9. The number of ether oxygens (including phenoxy) is 2. The first-order valence-corrected chi connectivity index (χ1v) is 28.7. The number of likely N-dealkylation sites (N-methyl/N-ethyl adjacent to an activating group) is 2. The van der Waals surface area contributed by atoms with Gasteiger partial charge in [-0.15, -0.1) is 0 Å². The summed E-state index contributed by atoms with van der Waals surface area (Å²) in [6.45, 7) is 23.5. The lowest BCUT2D eigenvalue weighted by atomic mass is 9.89. The summed E-state index contributed by atoms with van der Waals surface area (Å²) in [5.74, 6) is -5.69. The molecule has 22 heteroatoms. The summed E-state index contributed by atoms with van der Waals surface area (Å²) >= 11 is 0. The molecule has 6 N–H and O–H groups in total. The number of anilines is 1. The predicted octanol–water partition coefficient (Wildman–Crippen LogP) is 4.60. The molecule has 458 valence electrons. The molecule has 2 saturated heterocycles. The molecule has 1 aromatic rings. The van der Waals surface area contributed by atoms with Crippen LogP contribution < -0.4 is 26.7 Å². The van der Waals surface area contributed by atoms with Crippen LogP contribution in [0.1, 0.15) is 119 Å². The monoisotopic (exact) mass is 1150 g/mol. The third-order valence-electron chi connectivity index (χ3n) is 15.8. The number of amides is 8. The van der Waals surface area contributed by atoms with Crippen molar-refractivity contribution < 1.29 is 62.6 Å². The van der Waals surface area contributed by atoms with Gasteiger partial charge in [-0.25, -0.2) is 5.48 Å². The zero-order valence-electron chi connectivity index (χ0n) is 50.8. The van der Waals surface area contributed by atoms with Gasteiger partial charge < -0.3 is 50.5 Å². The number of carboxylic acid groups (broad SMARTS) is 1. The number of hydrogen-bond donors (Lipinski definition) is 6. The third-order valence-corrected chi connectivity index (χ3v) is 15.8. The zero-order valence-corrected chi connectivity index (χ0v) is 50.8. The van der Waals surface area contributed by atoms with Crippen LogP contribution in [-0.2, 0) is 64.1 Å². The Morgan fingerprint density at radius 3 is 1.95 bits per heavy atom. The summed E-state index contributed by atoms with van der Waals surface area (Å²) in [4.78, 5) is 132. The minimum Gasteiger partial charge on any atom is -0.481 e. The van der Waals surface area contributed by atoms with Gasteiger partial charge in [0.1, 0.15) is 18.1 Å². The lowest BCUT2D eigenvalue weighted by Crippen LogP contribution is -2.59. The zero-order chi connectivity index (χ0) is 61.5. The first-order valence-electron chi connectivity index (χ1n) is 28.7. The van der Waals surface area contributed by atoms with Crippen LogP contribution in [0, 0.1) is 29.6 Å². The van der Waals surface area contributed by atoms with Crippen LogP contribution in [0.2, 0.25) is 0 Å². The van der Waals surface area contributed by atoms with Gasteiger partial charge in [-0.05, 0) is 87.7 Å². The van der Waals surface area contributed by atoms with Gasteiger partial charge in [0.2, 0.25) is 41.4 Å². The Balaban J connectivity index is 1.65. The van der Waals surface area contributed by atoms with E-state index in [1.165, 1.54) is 27.2 Å². The van der Waals surface area contributed by atoms with Crippen molar-refractivity contribution in [3.8, 4) is 0 Å². The molecule has 2 aliphatic heterocycles. The SMILES string of the molecule is C=C/C=C(\C=C)C[C@H](NC(=O)[C@H](C)[C@@H](OC)[C@@H]1CCCN1C(=O)C[C@@H](OC)[C@H]([C@@H](C)CC)N(C)C(=O)[C@@H](NC(=O)[C@H](C(C)C)N(C)C)C(C)C)C(=O)NOCc1ccc(NC(=O)[C@@H](C)NC(=O)CCC(=O)N2CCC(C(=O)O)CC2)cc1. The van der Waals surface area contributed by atoms with Crippen LogP contribution in [0.15, 0.2) is 61.2 Å². The second kappa shape index (κ2) is 34.2. The van der Waals surface area contributed by atoms with Crippen LogP contribution in [-0.4, -0.2) is 181 Å². The highest BCUT2D eigenvalue weighted by atomic mass is 16.7. The van der Waals surface area contributed by atoms with Crippen LogP contribution in [0.5, 0.6) is 0 Å². The number of rotatable bonds is 33. The molecular formula is C60H95N9O13. The molecule has 1 aromatic carbocycles.